The fraction of sp³-hybridized carbons (Fsp3) is 0.786. The Morgan fingerprint density at radius 2 is 0.750 bits per heavy atom. The molecule has 28 heavy (non-hydrogen) atoms. The Bertz CT molecular complexity index is 315. The fourth-order valence-corrected chi connectivity index (χ4v) is 3.13. The van der Waals surface area contributed by atoms with E-state index in [-0.39, 0.29) is 0 Å². The van der Waals surface area contributed by atoms with Crippen molar-refractivity contribution >= 4 is 0 Å². The molecule has 0 saturated heterocycles. The van der Waals surface area contributed by atoms with Crippen molar-refractivity contribution in [3.8, 4) is 0 Å². The van der Waals surface area contributed by atoms with E-state index in [0.29, 0.717) is 0 Å². The summed E-state index contributed by atoms with van der Waals surface area (Å²) in [5.41, 5.74) is 1.32. The van der Waals surface area contributed by atoms with Crippen LogP contribution in [-0.2, 0) is 0 Å². The molecule has 0 amide bonds. The SMILES string of the molecule is C1CCCCC1.CCCCCCC.CCCCCCCC.Cc1ccccc1. The maximum Gasteiger partial charge on any atom is -0.0398 e. The second-order valence-electron chi connectivity index (χ2n) is 8.25. The van der Waals surface area contributed by atoms with E-state index in [0.717, 1.165) is 0 Å². The molecule has 1 fully saturated rings. The smallest absolute Gasteiger partial charge is 0.0398 e. The molecular weight excluding hydrogens is 336 g/mol. The van der Waals surface area contributed by atoms with Crippen LogP contribution in [0.3, 0.4) is 0 Å². The van der Waals surface area contributed by atoms with Gasteiger partial charge in [0, 0.05) is 0 Å². The molecule has 0 spiro atoms. The summed E-state index contributed by atoms with van der Waals surface area (Å²) in [5.74, 6) is 0. The zero-order valence-electron chi connectivity index (χ0n) is 20.4. The predicted octanol–water partition coefficient (Wildman–Crippen LogP) is 10.7. The average molecular weight is 391 g/mol. The third-order valence-corrected chi connectivity index (χ3v) is 5.10. The molecule has 0 nitrogen and oxygen atoms in total. The van der Waals surface area contributed by atoms with Crippen LogP contribution in [0.5, 0.6) is 0 Å². The van der Waals surface area contributed by atoms with E-state index in [2.05, 4.69) is 46.8 Å². The van der Waals surface area contributed by atoms with Gasteiger partial charge in [0.2, 0.25) is 0 Å². The van der Waals surface area contributed by atoms with Gasteiger partial charge in [-0.3, -0.25) is 0 Å². The number of rotatable bonds is 9. The summed E-state index contributed by atoms with van der Waals surface area (Å²) < 4.78 is 0. The van der Waals surface area contributed by atoms with Crippen molar-refractivity contribution in [2.45, 2.75) is 144 Å². The summed E-state index contributed by atoms with van der Waals surface area (Å²) in [4.78, 5) is 0. The minimum absolute atomic E-state index is 1.32. The molecule has 0 N–H and O–H groups in total. The van der Waals surface area contributed by atoms with Crippen LogP contribution >= 0.6 is 0 Å². The summed E-state index contributed by atoms with van der Waals surface area (Å²) in [6.07, 6.45) is 24.5. The quantitative estimate of drug-likeness (QED) is 0.368. The lowest BCUT2D eigenvalue weighted by atomic mass is 10.0. The molecule has 0 unspecified atom stereocenters. The first-order chi connectivity index (χ1) is 13.7. The van der Waals surface area contributed by atoms with Crippen molar-refractivity contribution in [1.29, 1.82) is 0 Å². The van der Waals surface area contributed by atoms with Crippen LogP contribution in [0.15, 0.2) is 30.3 Å². The Hall–Kier alpha value is -0.780. The monoisotopic (exact) mass is 390 g/mol. The maximum absolute atomic E-state index is 2.26. The number of unbranched alkanes of at least 4 members (excludes halogenated alkanes) is 9. The van der Waals surface area contributed by atoms with Gasteiger partial charge in [-0.2, -0.15) is 0 Å². The van der Waals surface area contributed by atoms with Gasteiger partial charge in [-0.1, -0.05) is 173 Å². The normalized spacial score (nSPS) is 12.5. The second kappa shape index (κ2) is 28.4. The molecule has 0 heteroatoms. The maximum atomic E-state index is 2.26. The van der Waals surface area contributed by atoms with Gasteiger partial charge in [0.15, 0.2) is 0 Å². The van der Waals surface area contributed by atoms with Crippen molar-refractivity contribution in [3.05, 3.63) is 35.9 Å². The molecule has 0 bridgehead atoms. The lowest BCUT2D eigenvalue weighted by Crippen LogP contribution is -1.85. The highest BCUT2D eigenvalue weighted by Crippen LogP contribution is 2.15. The first-order valence-electron chi connectivity index (χ1n) is 12.7. The van der Waals surface area contributed by atoms with Gasteiger partial charge in [0.25, 0.3) is 0 Å². The van der Waals surface area contributed by atoms with Crippen molar-refractivity contribution in [2.75, 3.05) is 0 Å². The summed E-state index contributed by atoms with van der Waals surface area (Å²) in [6.45, 7) is 11.1. The van der Waals surface area contributed by atoms with Crippen LogP contribution in [0, 0.1) is 6.92 Å². The molecule has 0 heterocycles. The molecule has 0 aliphatic heterocycles. The number of hydrogen-bond acceptors (Lipinski definition) is 0. The summed E-state index contributed by atoms with van der Waals surface area (Å²) in [7, 11) is 0. The summed E-state index contributed by atoms with van der Waals surface area (Å²) >= 11 is 0. The Morgan fingerprint density at radius 3 is 0.964 bits per heavy atom. The third kappa shape index (κ3) is 30.0. The molecule has 166 valence electrons. The van der Waals surface area contributed by atoms with Gasteiger partial charge in [0.1, 0.15) is 0 Å². The average Bonchev–Trinajstić information content (AvgIpc) is 2.75. The minimum Gasteiger partial charge on any atom is -0.0654 e. The Balaban J connectivity index is 0. The van der Waals surface area contributed by atoms with Crippen molar-refractivity contribution in [1.82, 2.24) is 0 Å². The predicted molar refractivity (Wildman–Crippen MR) is 132 cm³/mol. The number of hydrogen-bond donors (Lipinski definition) is 0. The molecule has 0 aromatic heterocycles. The molecule has 1 aromatic carbocycles. The zero-order chi connectivity index (χ0) is 21.1. The molecule has 0 atom stereocenters. The molecular formula is C28H54. The van der Waals surface area contributed by atoms with Gasteiger partial charge in [-0.15, -0.1) is 0 Å². The van der Waals surface area contributed by atoms with Crippen LogP contribution in [0.4, 0.5) is 0 Å². The summed E-state index contributed by atoms with van der Waals surface area (Å²) in [5, 5.41) is 0. The van der Waals surface area contributed by atoms with Crippen molar-refractivity contribution < 1.29 is 0 Å². The van der Waals surface area contributed by atoms with E-state index in [4.69, 9.17) is 0 Å². The number of benzene rings is 1. The van der Waals surface area contributed by atoms with Crippen molar-refractivity contribution in [2.24, 2.45) is 0 Å². The Kier molecular flexibility index (Phi) is 29.9. The topological polar surface area (TPSA) is 0 Å². The van der Waals surface area contributed by atoms with Crippen molar-refractivity contribution in [3.63, 3.8) is 0 Å². The second-order valence-corrected chi connectivity index (χ2v) is 8.25. The molecule has 1 aromatic rings. The van der Waals surface area contributed by atoms with E-state index in [1.54, 1.807) is 0 Å². The lowest BCUT2D eigenvalue weighted by molar-refractivity contribution is 0.504. The molecule has 1 aliphatic carbocycles. The molecule has 1 aliphatic rings. The van der Waals surface area contributed by atoms with Gasteiger partial charge in [0.05, 0.1) is 0 Å². The van der Waals surface area contributed by atoms with Gasteiger partial charge in [-0.25, -0.2) is 0 Å². The lowest BCUT2D eigenvalue weighted by Gasteiger charge is -2.05. The zero-order valence-corrected chi connectivity index (χ0v) is 20.4. The standard InChI is InChI=1S/C8H18.C7H8.C7H16.C6H12/c1-3-5-7-8-6-4-2;1-7-5-3-2-4-6-7;1-3-5-7-6-4-2;1-2-4-6-5-3-1/h3-8H2,1-2H3;2-6H,1H3;3-7H2,1-2H3;1-6H2. The first kappa shape index (κ1) is 29.4. The van der Waals surface area contributed by atoms with Crippen LogP contribution in [-0.4, -0.2) is 0 Å². The minimum atomic E-state index is 1.32. The Labute approximate surface area is 179 Å². The highest BCUT2D eigenvalue weighted by molar-refractivity contribution is 5.11. The first-order valence-corrected chi connectivity index (χ1v) is 12.7. The van der Waals surface area contributed by atoms with Gasteiger partial charge >= 0.3 is 0 Å². The molecule has 2 rings (SSSR count). The molecule has 0 radical (unpaired) electrons. The van der Waals surface area contributed by atoms with E-state index >= 15 is 0 Å². The highest BCUT2D eigenvalue weighted by Gasteiger charge is 1.95. The highest BCUT2D eigenvalue weighted by atomic mass is 14.0. The van der Waals surface area contributed by atoms with Gasteiger partial charge < -0.3 is 0 Å². The van der Waals surface area contributed by atoms with Crippen LogP contribution in [0.1, 0.15) is 142 Å². The summed E-state index contributed by atoms with van der Waals surface area (Å²) in [6, 6.07) is 10.3. The van der Waals surface area contributed by atoms with E-state index in [1.807, 2.05) is 18.2 Å². The molecule has 1 saturated carbocycles. The van der Waals surface area contributed by atoms with E-state index < -0.39 is 0 Å². The Morgan fingerprint density at radius 1 is 0.464 bits per heavy atom. The third-order valence-electron chi connectivity index (χ3n) is 5.10. The number of aryl methyl sites for hydroxylation is 1. The van der Waals surface area contributed by atoms with E-state index in [9.17, 15) is 0 Å². The largest absolute Gasteiger partial charge is 0.0654 e. The van der Waals surface area contributed by atoms with Crippen LogP contribution in [0.25, 0.3) is 0 Å². The van der Waals surface area contributed by atoms with E-state index in [1.165, 1.54) is 115 Å². The fourth-order valence-electron chi connectivity index (χ4n) is 3.13. The van der Waals surface area contributed by atoms with Gasteiger partial charge in [-0.05, 0) is 6.92 Å². The van der Waals surface area contributed by atoms with Crippen LogP contribution < -0.4 is 0 Å². The van der Waals surface area contributed by atoms with Crippen LogP contribution in [0.2, 0.25) is 0 Å².